The molecule has 0 radical (unpaired) electrons. The van der Waals surface area contributed by atoms with E-state index in [4.69, 9.17) is 4.74 Å². The van der Waals surface area contributed by atoms with Crippen molar-refractivity contribution in [3.63, 3.8) is 0 Å². The van der Waals surface area contributed by atoms with Crippen molar-refractivity contribution in [2.75, 3.05) is 13.1 Å². The summed E-state index contributed by atoms with van der Waals surface area (Å²) < 4.78 is 5.33. The number of hydrogen-bond acceptors (Lipinski definition) is 3. The van der Waals surface area contributed by atoms with Crippen molar-refractivity contribution >= 4 is 12.1 Å². The lowest BCUT2D eigenvalue weighted by molar-refractivity contribution is 0.0493. The van der Waals surface area contributed by atoms with Crippen molar-refractivity contribution in [2.45, 2.75) is 72.6 Å². The first-order valence-corrected chi connectivity index (χ1v) is 8.66. The van der Waals surface area contributed by atoms with Gasteiger partial charge < -0.3 is 20.7 Å². The summed E-state index contributed by atoms with van der Waals surface area (Å²) in [7, 11) is 0. The fraction of sp³-hybridized carbons (Fsp3) is 0.882. The Morgan fingerprint density at radius 1 is 1.35 bits per heavy atom. The number of rotatable bonds is 6. The van der Waals surface area contributed by atoms with Gasteiger partial charge in [-0.1, -0.05) is 20.8 Å². The Balaban J connectivity index is 2.58. The summed E-state index contributed by atoms with van der Waals surface area (Å²) in [5.41, 5.74) is -0.493. The third-order valence-electron chi connectivity index (χ3n) is 3.73. The minimum atomic E-state index is -0.493. The molecule has 1 saturated carbocycles. The summed E-state index contributed by atoms with van der Waals surface area (Å²) >= 11 is 0. The normalized spacial score (nSPS) is 22.5. The van der Waals surface area contributed by atoms with Crippen molar-refractivity contribution < 1.29 is 9.53 Å². The highest BCUT2D eigenvalue weighted by Crippen LogP contribution is 2.28. The van der Waals surface area contributed by atoms with E-state index >= 15 is 0 Å². The number of amides is 1. The Hall–Kier alpha value is -1.46. The Labute approximate surface area is 140 Å². The van der Waals surface area contributed by atoms with E-state index in [1.807, 2.05) is 27.7 Å². The lowest BCUT2D eigenvalue weighted by atomic mass is 10.1. The maximum atomic E-state index is 12.0. The van der Waals surface area contributed by atoms with Crippen LogP contribution in [0, 0.1) is 11.8 Å². The van der Waals surface area contributed by atoms with Crippen LogP contribution in [0.25, 0.3) is 0 Å². The van der Waals surface area contributed by atoms with Gasteiger partial charge in [0, 0.05) is 12.6 Å². The van der Waals surface area contributed by atoms with Crippen molar-refractivity contribution in [3.8, 4) is 0 Å². The van der Waals surface area contributed by atoms with Gasteiger partial charge in [-0.15, -0.1) is 0 Å². The van der Waals surface area contributed by atoms with Crippen molar-refractivity contribution in [3.05, 3.63) is 0 Å². The molecule has 0 spiro atoms. The van der Waals surface area contributed by atoms with Crippen LogP contribution in [-0.4, -0.2) is 42.8 Å². The SMILES string of the molecule is CCNC(=NCC(NC(=O)OC(C)(C)C)C(C)C)NC1CC1C. The second-order valence-corrected chi connectivity index (χ2v) is 7.68. The number of aliphatic imine (C=N–C) groups is 1. The Morgan fingerprint density at radius 2 is 1.96 bits per heavy atom. The number of hydrogen-bond donors (Lipinski definition) is 3. The first kappa shape index (κ1) is 19.6. The number of ether oxygens (including phenoxy) is 1. The molecule has 134 valence electrons. The third kappa shape index (κ3) is 8.09. The van der Waals surface area contributed by atoms with E-state index in [0.29, 0.717) is 18.5 Å². The molecular weight excluding hydrogens is 292 g/mol. The van der Waals surface area contributed by atoms with E-state index in [1.54, 1.807) is 0 Å². The van der Waals surface area contributed by atoms with Crippen LogP contribution in [0.3, 0.4) is 0 Å². The topological polar surface area (TPSA) is 74.8 Å². The van der Waals surface area contributed by atoms with Crippen molar-refractivity contribution in [2.24, 2.45) is 16.8 Å². The summed E-state index contributed by atoms with van der Waals surface area (Å²) in [6.45, 7) is 15.3. The largest absolute Gasteiger partial charge is 0.444 e. The van der Waals surface area contributed by atoms with Crippen LogP contribution < -0.4 is 16.0 Å². The minimum Gasteiger partial charge on any atom is -0.444 e. The van der Waals surface area contributed by atoms with E-state index in [0.717, 1.165) is 12.5 Å². The fourth-order valence-electron chi connectivity index (χ4n) is 2.09. The predicted molar refractivity (Wildman–Crippen MR) is 94.7 cm³/mol. The van der Waals surface area contributed by atoms with Gasteiger partial charge in [0.25, 0.3) is 0 Å². The molecule has 0 aromatic rings. The summed E-state index contributed by atoms with van der Waals surface area (Å²) in [5.74, 6) is 1.80. The Morgan fingerprint density at radius 3 is 2.39 bits per heavy atom. The number of guanidine groups is 1. The van der Waals surface area contributed by atoms with Gasteiger partial charge in [-0.3, -0.25) is 4.99 Å². The highest BCUT2D eigenvalue weighted by molar-refractivity contribution is 5.80. The Bertz CT molecular complexity index is 415. The maximum absolute atomic E-state index is 12.0. The van der Waals surface area contributed by atoms with Crippen molar-refractivity contribution in [1.82, 2.24) is 16.0 Å². The Kier molecular flexibility index (Phi) is 7.16. The van der Waals surface area contributed by atoms with Gasteiger partial charge in [0.05, 0.1) is 12.6 Å². The minimum absolute atomic E-state index is 0.0584. The first-order valence-electron chi connectivity index (χ1n) is 8.66. The number of alkyl carbamates (subject to hydrolysis) is 1. The van der Waals surface area contributed by atoms with Crippen LogP contribution in [-0.2, 0) is 4.74 Å². The average molecular weight is 326 g/mol. The standard InChI is InChI=1S/C17H34N4O2/c1-8-18-15(20-13-9-12(13)4)19-10-14(11(2)3)21-16(22)23-17(5,6)7/h11-14H,8-10H2,1-7H3,(H,21,22)(H2,18,19,20). The molecule has 0 heterocycles. The lowest BCUT2D eigenvalue weighted by Crippen LogP contribution is -2.45. The highest BCUT2D eigenvalue weighted by Gasteiger charge is 2.33. The van der Waals surface area contributed by atoms with Crippen LogP contribution in [0.5, 0.6) is 0 Å². The van der Waals surface area contributed by atoms with Crippen molar-refractivity contribution in [1.29, 1.82) is 0 Å². The molecule has 0 bridgehead atoms. The van der Waals surface area contributed by atoms with E-state index in [2.05, 4.69) is 41.7 Å². The molecule has 6 nitrogen and oxygen atoms in total. The number of carbonyl (C=O) groups excluding carboxylic acids is 1. The molecule has 3 unspecified atom stereocenters. The van der Waals surface area contributed by atoms with Crippen LogP contribution >= 0.6 is 0 Å². The van der Waals surface area contributed by atoms with E-state index in [-0.39, 0.29) is 18.1 Å². The second kappa shape index (κ2) is 8.41. The van der Waals surface area contributed by atoms with Crippen LogP contribution in [0.15, 0.2) is 4.99 Å². The zero-order chi connectivity index (χ0) is 17.6. The molecule has 1 rings (SSSR count). The smallest absolute Gasteiger partial charge is 0.407 e. The number of nitrogens with zero attached hydrogens (tertiary/aromatic N) is 1. The summed E-state index contributed by atoms with van der Waals surface area (Å²) in [5, 5.41) is 9.60. The van der Waals surface area contributed by atoms with Gasteiger partial charge >= 0.3 is 6.09 Å². The molecule has 0 aromatic carbocycles. The van der Waals surface area contributed by atoms with Gasteiger partial charge in [0.2, 0.25) is 0 Å². The third-order valence-corrected chi connectivity index (χ3v) is 3.73. The molecule has 6 heteroatoms. The molecule has 3 atom stereocenters. The van der Waals surface area contributed by atoms with Gasteiger partial charge in [-0.2, -0.15) is 0 Å². The van der Waals surface area contributed by atoms with Crippen LogP contribution in [0.1, 0.15) is 54.9 Å². The van der Waals surface area contributed by atoms with Gasteiger partial charge in [-0.25, -0.2) is 4.79 Å². The van der Waals surface area contributed by atoms with E-state index < -0.39 is 5.60 Å². The van der Waals surface area contributed by atoms with Crippen LogP contribution in [0.2, 0.25) is 0 Å². The average Bonchev–Trinajstić information content (AvgIpc) is 3.07. The summed E-state index contributed by atoms with van der Waals surface area (Å²) in [4.78, 5) is 16.6. The molecule has 0 saturated heterocycles. The second-order valence-electron chi connectivity index (χ2n) is 7.68. The zero-order valence-corrected chi connectivity index (χ0v) is 15.7. The summed E-state index contributed by atoms with van der Waals surface area (Å²) in [6, 6.07) is 0.459. The highest BCUT2D eigenvalue weighted by atomic mass is 16.6. The van der Waals surface area contributed by atoms with Gasteiger partial charge in [-0.05, 0) is 46.0 Å². The lowest BCUT2D eigenvalue weighted by Gasteiger charge is -2.25. The molecular formula is C17H34N4O2. The molecule has 23 heavy (non-hydrogen) atoms. The zero-order valence-electron chi connectivity index (χ0n) is 15.7. The number of carbonyl (C=O) groups is 1. The van der Waals surface area contributed by atoms with E-state index in [1.165, 1.54) is 6.42 Å². The van der Waals surface area contributed by atoms with Gasteiger partial charge in [0.15, 0.2) is 5.96 Å². The fourth-order valence-corrected chi connectivity index (χ4v) is 2.09. The quantitative estimate of drug-likeness (QED) is 0.518. The molecule has 0 aliphatic heterocycles. The monoisotopic (exact) mass is 326 g/mol. The maximum Gasteiger partial charge on any atom is 0.407 e. The molecule has 1 fully saturated rings. The molecule has 0 aromatic heterocycles. The van der Waals surface area contributed by atoms with Crippen LogP contribution in [0.4, 0.5) is 4.79 Å². The molecule has 3 N–H and O–H groups in total. The van der Waals surface area contributed by atoms with Gasteiger partial charge in [0.1, 0.15) is 5.60 Å². The summed E-state index contributed by atoms with van der Waals surface area (Å²) in [6.07, 6.45) is 0.800. The molecule has 1 amide bonds. The number of nitrogens with one attached hydrogen (secondary N) is 3. The van der Waals surface area contributed by atoms with E-state index in [9.17, 15) is 4.79 Å². The predicted octanol–water partition coefficient (Wildman–Crippen LogP) is 2.50. The molecule has 1 aliphatic rings. The molecule has 1 aliphatic carbocycles. The first-order chi connectivity index (χ1) is 10.6.